The summed E-state index contributed by atoms with van der Waals surface area (Å²) in [5.41, 5.74) is 9.63. The number of hydrogen-bond acceptors (Lipinski definition) is 5. The second-order valence-electron chi connectivity index (χ2n) is 5.19. The van der Waals surface area contributed by atoms with E-state index >= 15 is 0 Å². The third kappa shape index (κ3) is 2.40. The molecule has 1 aliphatic rings. The van der Waals surface area contributed by atoms with Crippen LogP contribution in [0.25, 0.3) is 11.3 Å². The predicted molar refractivity (Wildman–Crippen MR) is 85.3 cm³/mol. The van der Waals surface area contributed by atoms with Crippen molar-refractivity contribution in [2.24, 2.45) is 5.73 Å². The number of aromatic nitrogens is 3. The van der Waals surface area contributed by atoms with E-state index in [-0.39, 0.29) is 0 Å². The van der Waals surface area contributed by atoms with Crippen LogP contribution in [0.1, 0.15) is 28.0 Å². The third-order valence-corrected chi connectivity index (χ3v) is 4.66. The number of rotatable bonds is 5. The second kappa shape index (κ2) is 6.10. The first-order valence-corrected chi connectivity index (χ1v) is 8.45. The maximum Gasteiger partial charge on any atom is 0.354 e. The van der Waals surface area contributed by atoms with Gasteiger partial charge in [-0.25, -0.2) is 9.78 Å². The van der Waals surface area contributed by atoms with Gasteiger partial charge in [-0.05, 0) is 43.7 Å². The van der Waals surface area contributed by atoms with Crippen LogP contribution >= 0.6 is 11.8 Å². The van der Waals surface area contributed by atoms with Gasteiger partial charge >= 0.3 is 5.97 Å². The topological polar surface area (TPSA) is 94.0 Å². The molecule has 0 amide bonds. The molecule has 22 heavy (non-hydrogen) atoms. The van der Waals surface area contributed by atoms with Crippen LogP contribution in [0.3, 0.4) is 0 Å². The molecular formula is C15H18N4O2S. The zero-order chi connectivity index (χ0) is 15.7. The Hall–Kier alpha value is -1.86. The van der Waals surface area contributed by atoms with E-state index in [4.69, 9.17) is 5.73 Å². The lowest BCUT2D eigenvalue weighted by atomic mass is 9.90. The van der Waals surface area contributed by atoms with Gasteiger partial charge in [0.1, 0.15) is 5.69 Å². The fourth-order valence-electron chi connectivity index (χ4n) is 2.96. The minimum Gasteiger partial charge on any atom is -0.477 e. The van der Waals surface area contributed by atoms with Crippen LogP contribution in [0.15, 0.2) is 17.3 Å². The quantitative estimate of drug-likeness (QED) is 0.817. The largest absolute Gasteiger partial charge is 0.477 e. The van der Waals surface area contributed by atoms with Gasteiger partial charge in [-0.2, -0.15) is 5.10 Å². The Balaban J connectivity index is 2.15. The van der Waals surface area contributed by atoms with Gasteiger partial charge in [-0.15, -0.1) is 11.8 Å². The van der Waals surface area contributed by atoms with Crippen LogP contribution in [-0.2, 0) is 19.4 Å². The number of nitrogens with two attached hydrogens (primary N) is 1. The normalized spacial score (nSPS) is 12.8. The number of fused-ring (bicyclic) bond motifs is 3. The highest BCUT2D eigenvalue weighted by molar-refractivity contribution is 7.98. The average molecular weight is 318 g/mol. The minimum atomic E-state index is -0.923. The zero-order valence-electron chi connectivity index (χ0n) is 12.4. The van der Waals surface area contributed by atoms with Crippen molar-refractivity contribution < 1.29 is 9.90 Å². The van der Waals surface area contributed by atoms with Gasteiger partial charge in [0, 0.05) is 23.9 Å². The van der Waals surface area contributed by atoms with Crippen LogP contribution in [0.2, 0.25) is 0 Å². The van der Waals surface area contributed by atoms with E-state index in [9.17, 15) is 9.90 Å². The Morgan fingerprint density at radius 3 is 2.91 bits per heavy atom. The number of carboxylic acid groups (broad SMARTS) is 1. The van der Waals surface area contributed by atoms with E-state index in [1.54, 1.807) is 22.6 Å². The first-order valence-electron chi connectivity index (χ1n) is 7.22. The molecule has 2 heterocycles. The van der Waals surface area contributed by atoms with Crippen LogP contribution < -0.4 is 5.73 Å². The Morgan fingerprint density at radius 1 is 1.45 bits per heavy atom. The molecule has 0 aromatic carbocycles. The van der Waals surface area contributed by atoms with Crippen molar-refractivity contribution in [1.82, 2.24) is 14.8 Å². The zero-order valence-corrected chi connectivity index (χ0v) is 13.2. The Morgan fingerprint density at radius 2 is 2.23 bits per heavy atom. The first kappa shape index (κ1) is 15.1. The lowest BCUT2D eigenvalue weighted by molar-refractivity contribution is 0.0681. The Bertz CT molecular complexity index is 727. The highest BCUT2D eigenvalue weighted by Crippen LogP contribution is 2.37. The van der Waals surface area contributed by atoms with Gasteiger partial charge in [0.2, 0.25) is 0 Å². The molecule has 7 heteroatoms. The molecule has 3 rings (SSSR count). The molecule has 0 fully saturated rings. The van der Waals surface area contributed by atoms with Gasteiger partial charge in [0.25, 0.3) is 0 Å². The number of thioether (sulfide) groups is 1. The van der Waals surface area contributed by atoms with Crippen molar-refractivity contribution in [3.63, 3.8) is 0 Å². The first-order chi connectivity index (χ1) is 10.7. The van der Waals surface area contributed by atoms with E-state index in [1.165, 1.54) is 5.56 Å². The Labute approximate surface area is 132 Å². The molecule has 0 spiro atoms. The van der Waals surface area contributed by atoms with Crippen molar-refractivity contribution >= 4 is 17.7 Å². The second-order valence-corrected chi connectivity index (χ2v) is 5.99. The van der Waals surface area contributed by atoms with Crippen molar-refractivity contribution in [3.8, 4) is 11.3 Å². The molecule has 0 saturated carbocycles. The SMILES string of the molecule is CSc1nccc2c1CCc1c-2nn(CCCN)c1C(=O)O. The van der Waals surface area contributed by atoms with Gasteiger partial charge in [0.15, 0.2) is 0 Å². The van der Waals surface area contributed by atoms with Crippen molar-refractivity contribution in [1.29, 1.82) is 0 Å². The fraction of sp³-hybridized carbons (Fsp3) is 0.400. The monoisotopic (exact) mass is 318 g/mol. The van der Waals surface area contributed by atoms with Gasteiger partial charge in [-0.3, -0.25) is 4.68 Å². The lowest BCUT2D eigenvalue weighted by Crippen LogP contribution is -2.14. The van der Waals surface area contributed by atoms with E-state index in [0.717, 1.165) is 28.3 Å². The number of aromatic carboxylic acids is 1. The van der Waals surface area contributed by atoms with Crippen LogP contribution in [0, 0.1) is 0 Å². The molecule has 0 unspecified atom stereocenters. The summed E-state index contributed by atoms with van der Waals surface area (Å²) in [7, 11) is 0. The number of carboxylic acids is 1. The highest BCUT2D eigenvalue weighted by Gasteiger charge is 2.29. The fourth-order valence-corrected chi connectivity index (χ4v) is 3.58. The Kier molecular flexibility index (Phi) is 4.17. The number of pyridine rings is 1. The summed E-state index contributed by atoms with van der Waals surface area (Å²) in [5, 5.41) is 15.1. The molecule has 0 atom stereocenters. The summed E-state index contributed by atoms with van der Waals surface area (Å²) >= 11 is 1.61. The van der Waals surface area contributed by atoms with Gasteiger partial charge in [-0.1, -0.05) is 0 Å². The van der Waals surface area contributed by atoms with E-state index in [2.05, 4.69) is 10.1 Å². The molecule has 116 valence electrons. The van der Waals surface area contributed by atoms with Gasteiger partial charge in [0.05, 0.1) is 10.7 Å². The highest BCUT2D eigenvalue weighted by atomic mass is 32.2. The molecule has 0 radical (unpaired) electrons. The third-order valence-electron chi connectivity index (χ3n) is 3.92. The summed E-state index contributed by atoms with van der Waals surface area (Å²) in [4.78, 5) is 16.0. The van der Waals surface area contributed by atoms with E-state index < -0.39 is 5.97 Å². The predicted octanol–water partition coefficient (Wildman–Crippen LogP) is 1.81. The molecule has 0 saturated heterocycles. The molecule has 1 aliphatic carbocycles. The summed E-state index contributed by atoms with van der Waals surface area (Å²) in [6.07, 6.45) is 5.96. The number of nitrogens with zero attached hydrogens (tertiary/aromatic N) is 3. The van der Waals surface area contributed by atoms with E-state index in [1.807, 2.05) is 12.3 Å². The molecule has 0 bridgehead atoms. The maximum atomic E-state index is 11.6. The molecule has 2 aromatic heterocycles. The summed E-state index contributed by atoms with van der Waals surface area (Å²) in [6.45, 7) is 1.04. The molecule has 2 aromatic rings. The number of carbonyl (C=O) groups is 1. The molecule has 3 N–H and O–H groups in total. The smallest absolute Gasteiger partial charge is 0.354 e. The number of hydrogen-bond donors (Lipinski definition) is 2. The molecule has 0 aliphatic heterocycles. The van der Waals surface area contributed by atoms with Crippen molar-refractivity contribution in [3.05, 3.63) is 29.1 Å². The maximum absolute atomic E-state index is 11.6. The summed E-state index contributed by atoms with van der Waals surface area (Å²) in [6, 6.07) is 1.93. The van der Waals surface area contributed by atoms with Crippen LogP contribution in [0.4, 0.5) is 0 Å². The van der Waals surface area contributed by atoms with Crippen LogP contribution in [-0.4, -0.2) is 38.6 Å². The van der Waals surface area contributed by atoms with Crippen molar-refractivity contribution in [2.75, 3.05) is 12.8 Å². The number of aryl methyl sites for hydroxylation is 1. The minimum absolute atomic E-state index is 0.302. The van der Waals surface area contributed by atoms with Crippen molar-refractivity contribution in [2.45, 2.75) is 30.8 Å². The van der Waals surface area contributed by atoms with E-state index in [0.29, 0.717) is 31.6 Å². The average Bonchev–Trinajstić information content (AvgIpc) is 2.91. The molecule has 6 nitrogen and oxygen atoms in total. The lowest BCUT2D eigenvalue weighted by Gasteiger charge is -2.17. The summed E-state index contributed by atoms with van der Waals surface area (Å²) < 4.78 is 1.59. The van der Waals surface area contributed by atoms with Gasteiger partial charge < -0.3 is 10.8 Å². The summed E-state index contributed by atoms with van der Waals surface area (Å²) in [5.74, 6) is -0.923. The van der Waals surface area contributed by atoms with Crippen LogP contribution in [0.5, 0.6) is 0 Å². The molecular weight excluding hydrogens is 300 g/mol. The standard InChI is InChI=1S/C15H18N4O2S/c1-22-14-10-3-4-11-12(9(10)5-7-17-14)18-19(8-2-6-16)13(11)15(20)21/h5,7H,2-4,6,8,16H2,1H3,(H,20,21).